The molecule has 8 nitrogen and oxygen atoms in total. The minimum absolute atomic E-state index is 0.0435. The third-order valence-electron chi connectivity index (χ3n) is 3.54. The fraction of sp³-hybridized carbons (Fsp3) is 0.222. The van der Waals surface area contributed by atoms with Crippen molar-refractivity contribution in [3.8, 4) is 5.75 Å². The molecule has 0 radical (unpaired) electrons. The largest absolute Gasteiger partial charge is 0.484 e. The molecule has 0 heterocycles. The summed E-state index contributed by atoms with van der Waals surface area (Å²) in [5.74, 6) is -0.244. The van der Waals surface area contributed by atoms with Gasteiger partial charge in [0, 0.05) is 31.8 Å². The molecule has 0 saturated carbocycles. The van der Waals surface area contributed by atoms with Crippen LogP contribution in [0.4, 0.5) is 5.69 Å². The molecule has 0 saturated heterocycles. The van der Waals surface area contributed by atoms with E-state index in [2.05, 4.69) is 15.4 Å². The summed E-state index contributed by atoms with van der Waals surface area (Å²) >= 11 is 5.89. The van der Waals surface area contributed by atoms with Crippen molar-refractivity contribution < 1.29 is 22.7 Å². The van der Waals surface area contributed by atoms with Gasteiger partial charge in [0.25, 0.3) is 5.91 Å². The first kappa shape index (κ1) is 21.7. The van der Waals surface area contributed by atoms with Crippen LogP contribution in [-0.2, 0) is 19.6 Å². The van der Waals surface area contributed by atoms with Gasteiger partial charge >= 0.3 is 0 Å². The number of sulfonamides is 1. The quantitative estimate of drug-likeness (QED) is 0.566. The lowest BCUT2D eigenvalue weighted by Crippen LogP contribution is -2.28. The van der Waals surface area contributed by atoms with Gasteiger partial charge in [-0.15, -0.1) is 0 Å². The van der Waals surface area contributed by atoms with Crippen molar-refractivity contribution in [2.24, 2.45) is 0 Å². The lowest BCUT2D eigenvalue weighted by Gasteiger charge is -2.10. The van der Waals surface area contributed by atoms with E-state index >= 15 is 0 Å². The predicted octanol–water partition coefficient (Wildman–Crippen LogP) is 1.77. The maximum Gasteiger partial charge on any atom is 0.257 e. The highest BCUT2D eigenvalue weighted by atomic mass is 35.5. The van der Waals surface area contributed by atoms with Crippen LogP contribution in [0.25, 0.3) is 0 Å². The van der Waals surface area contributed by atoms with Crippen LogP contribution < -0.4 is 20.1 Å². The standard InChI is InChI=1S/C18H20ClN3O5S/c1-20-18(24)12-27-14-6-4-5-13(11-14)22-17(23)9-10-21-28(25,26)16-8-3-2-7-15(16)19/h2-8,11,21H,9-10,12H2,1H3,(H,20,24)(H,22,23). The van der Waals surface area contributed by atoms with Crippen molar-refractivity contribution in [2.45, 2.75) is 11.3 Å². The molecule has 0 aromatic heterocycles. The van der Waals surface area contributed by atoms with E-state index < -0.39 is 10.0 Å². The van der Waals surface area contributed by atoms with E-state index in [9.17, 15) is 18.0 Å². The summed E-state index contributed by atoms with van der Waals surface area (Å²) in [6, 6.07) is 12.6. The molecule has 0 spiro atoms. The second-order valence-electron chi connectivity index (χ2n) is 5.62. The summed E-state index contributed by atoms with van der Waals surface area (Å²) in [5.41, 5.74) is 0.466. The van der Waals surface area contributed by atoms with E-state index in [1.165, 1.54) is 19.2 Å². The minimum Gasteiger partial charge on any atom is -0.484 e. The zero-order valence-corrected chi connectivity index (χ0v) is 16.6. The van der Waals surface area contributed by atoms with Gasteiger partial charge in [-0.2, -0.15) is 0 Å². The Hall–Kier alpha value is -2.62. The Labute approximate surface area is 168 Å². The first-order valence-electron chi connectivity index (χ1n) is 8.29. The van der Waals surface area contributed by atoms with Gasteiger partial charge in [0.2, 0.25) is 15.9 Å². The molecule has 0 fully saturated rings. The Kier molecular flexibility index (Phi) is 7.80. The van der Waals surface area contributed by atoms with Gasteiger partial charge in [-0.1, -0.05) is 29.8 Å². The third-order valence-corrected chi connectivity index (χ3v) is 5.50. The number of ether oxygens (including phenoxy) is 1. The van der Waals surface area contributed by atoms with Crippen LogP contribution in [0.1, 0.15) is 6.42 Å². The topological polar surface area (TPSA) is 114 Å². The SMILES string of the molecule is CNC(=O)COc1cccc(NC(=O)CCNS(=O)(=O)c2ccccc2Cl)c1. The Balaban J connectivity index is 1.86. The zero-order chi connectivity index (χ0) is 20.6. The molecule has 0 unspecified atom stereocenters. The van der Waals surface area contributed by atoms with Crippen LogP contribution in [0.15, 0.2) is 53.4 Å². The van der Waals surface area contributed by atoms with E-state index in [1.54, 1.807) is 36.4 Å². The number of hydrogen-bond acceptors (Lipinski definition) is 5. The molecule has 0 bridgehead atoms. The van der Waals surface area contributed by atoms with Crippen LogP contribution in [0, 0.1) is 0 Å². The number of halogens is 1. The molecule has 3 N–H and O–H groups in total. The summed E-state index contributed by atoms with van der Waals surface area (Å²) in [6.45, 7) is -0.232. The number of likely N-dealkylation sites (N-methyl/N-ethyl adjacent to an activating group) is 1. The number of carbonyl (C=O) groups excluding carboxylic acids is 2. The van der Waals surface area contributed by atoms with Gasteiger partial charge in [-0.3, -0.25) is 9.59 Å². The highest BCUT2D eigenvalue weighted by Crippen LogP contribution is 2.20. The zero-order valence-electron chi connectivity index (χ0n) is 15.1. The summed E-state index contributed by atoms with van der Waals surface area (Å²) in [5, 5.41) is 5.18. The summed E-state index contributed by atoms with van der Waals surface area (Å²) in [7, 11) is -2.30. The number of nitrogens with one attached hydrogen (secondary N) is 3. The van der Waals surface area contributed by atoms with Crippen molar-refractivity contribution in [1.82, 2.24) is 10.0 Å². The van der Waals surface area contributed by atoms with Crippen LogP contribution in [0.2, 0.25) is 5.02 Å². The highest BCUT2D eigenvalue weighted by Gasteiger charge is 2.17. The fourth-order valence-electron chi connectivity index (χ4n) is 2.15. The van der Waals surface area contributed by atoms with Gasteiger partial charge in [0.05, 0.1) is 5.02 Å². The molecule has 2 amide bonds. The second kappa shape index (κ2) is 10.1. The summed E-state index contributed by atoms with van der Waals surface area (Å²) < 4.78 is 32.1. The molecule has 150 valence electrons. The van der Waals surface area contributed by atoms with Crippen molar-refractivity contribution >= 4 is 39.1 Å². The maximum atomic E-state index is 12.2. The lowest BCUT2D eigenvalue weighted by atomic mass is 10.3. The molecule has 0 aliphatic rings. The van der Waals surface area contributed by atoms with Gasteiger partial charge in [-0.25, -0.2) is 13.1 Å². The third kappa shape index (κ3) is 6.52. The number of hydrogen-bond donors (Lipinski definition) is 3. The van der Waals surface area contributed by atoms with Gasteiger partial charge in [-0.05, 0) is 24.3 Å². The van der Waals surface area contributed by atoms with E-state index in [0.29, 0.717) is 11.4 Å². The highest BCUT2D eigenvalue weighted by molar-refractivity contribution is 7.89. The van der Waals surface area contributed by atoms with Crippen LogP contribution in [-0.4, -0.2) is 40.4 Å². The van der Waals surface area contributed by atoms with E-state index in [4.69, 9.17) is 16.3 Å². The molecule has 2 aromatic carbocycles. The monoisotopic (exact) mass is 425 g/mol. The van der Waals surface area contributed by atoms with E-state index in [-0.39, 0.29) is 41.3 Å². The lowest BCUT2D eigenvalue weighted by molar-refractivity contribution is -0.122. The molecule has 28 heavy (non-hydrogen) atoms. The average Bonchev–Trinajstić information content (AvgIpc) is 2.66. The summed E-state index contributed by atoms with van der Waals surface area (Å²) in [6.07, 6.45) is -0.0764. The van der Waals surface area contributed by atoms with Gasteiger partial charge in [0.15, 0.2) is 6.61 Å². The van der Waals surface area contributed by atoms with Crippen LogP contribution in [0.3, 0.4) is 0 Å². The molecule has 0 aliphatic carbocycles. The number of rotatable bonds is 9. The Bertz CT molecular complexity index is 950. The molecular formula is C18H20ClN3O5S. The number of carbonyl (C=O) groups is 2. The molecular weight excluding hydrogens is 406 g/mol. The fourth-order valence-corrected chi connectivity index (χ4v) is 3.70. The molecule has 0 aliphatic heterocycles. The number of amides is 2. The number of benzene rings is 2. The molecule has 2 aromatic rings. The first-order chi connectivity index (χ1) is 13.3. The maximum absolute atomic E-state index is 12.2. The minimum atomic E-state index is -3.80. The van der Waals surface area contributed by atoms with Crippen molar-refractivity contribution in [1.29, 1.82) is 0 Å². The summed E-state index contributed by atoms with van der Waals surface area (Å²) in [4.78, 5) is 23.2. The average molecular weight is 426 g/mol. The molecule has 0 atom stereocenters. The van der Waals surface area contributed by atoms with Crippen LogP contribution in [0.5, 0.6) is 5.75 Å². The Morgan fingerprint density at radius 1 is 1.07 bits per heavy atom. The smallest absolute Gasteiger partial charge is 0.257 e. The van der Waals surface area contributed by atoms with Crippen molar-refractivity contribution in [3.05, 3.63) is 53.6 Å². The Morgan fingerprint density at radius 3 is 2.54 bits per heavy atom. The van der Waals surface area contributed by atoms with Gasteiger partial charge in [0.1, 0.15) is 10.6 Å². The Morgan fingerprint density at radius 2 is 1.82 bits per heavy atom. The van der Waals surface area contributed by atoms with Gasteiger partial charge < -0.3 is 15.4 Å². The second-order valence-corrected chi connectivity index (χ2v) is 7.76. The van der Waals surface area contributed by atoms with E-state index in [1.807, 2.05) is 0 Å². The van der Waals surface area contributed by atoms with E-state index in [0.717, 1.165) is 0 Å². The normalized spacial score (nSPS) is 10.9. The molecule has 10 heteroatoms. The predicted molar refractivity (Wildman–Crippen MR) is 106 cm³/mol. The molecule has 2 rings (SSSR count). The van der Waals surface area contributed by atoms with Crippen LogP contribution >= 0.6 is 11.6 Å². The first-order valence-corrected chi connectivity index (χ1v) is 10.2. The van der Waals surface area contributed by atoms with Crippen molar-refractivity contribution in [2.75, 3.05) is 25.5 Å². The van der Waals surface area contributed by atoms with Crippen molar-refractivity contribution in [3.63, 3.8) is 0 Å². The number of anilines is 1.